The van der Waals surface area contributed by atoms with Crippen LogP contribution in [0.5, 0.6) is 0 Å². The Hall–Kier alpha value is -5.29. The largest absolute Gasteiger partial charge is 0.449 e. The monoisotopic (exact) mass is 564 g/mol. The summed E-state index contributed by atoms with van der Waals surface area (Å²) in [6.45, 7) is -1.34. The highest BCUT2D eigenvalue weighted by Gasteiger charge is 2.32. The number of thiocarbonyl (C=S) groups is 1. The van der Waals surface area contributed by atoms with Crippen molar-refractivity contribution < 1.29 is 20.6 Å². The van der Waals surface area contributed by atoms with Gasteiger partial charge >= 0.3 is 6.09 Å². The van der Waals surface area contributed by atoms with E-state index in [-0.39, 0.29) is 21.6 Å². The average molecular weight is 565 g/mol. The maximum atomic E-state index is 13.8. The Kier molecular flexibility index (Phi) is 6.45. The van der Waals surface area contributed by atoms with E-state index >= 15 is 0 Å². The van der Waals surface area contributed by atoms with E-state index in [1.54, 1.807) is 30.3 Å². The van der Waals surface area contributed by atoms with E-state index in [1.165, 1.54) is 18.2 Å². The van der Waals surface area contributed by atoms with Crippen LogP contribution in [0.2, 0.25) is 0 Å². The summed E-state index contributed by atoms with van der Waals surface area (Å²) in [5.41, 5.74) is 4.18. The SMILES string of the molecule is [2H]C(OC(=O)N[C@H](C(=O)n1nnc2ccc([N+](=O)[O-])cc21)C(=S)c1ccccc1)C1c2ccccc2-c2ccccc21. The maximum Gasteiger partial charge on any atom is 0.408 e. The number of non-ortho nitro benzene ring substituents is 1. The van der Waals surface area contributed by atoms with Crippen molar-refractivity contribution in [3.8, 4) is 11.1 Å². The number of amides is 1. The Balaban J connectivity index is 1.30. The van der Waals surface area contributed by atoms with E-state index in [1.807, 2.05) is 48.5 Å². The van der Waals surface area contributed by atoms with E-state index in [0.717, 1.165) is 26.9 Å². The fourth-order valence-corrected chi connectivity index (χ4v) is 5.23. The van der Waals surface area contributed by atoms with Gasteiger partial charge in [-0.25, -0.2) is 4.79 Å². The molecule has 5 aromatic rings. The van der Waals surface area contributed by atoms with Crippen molar-refractivity contribution in [1.29, 1.82) is 0 Å². The smallest absolute Gasteiger partial charge is 0.408 e. The molecule has 0 aliphatic heterocycles. The number of aromatic nitrogens is 3. The molecular weight excluding hydrogens is 542 g/mol. The summed E-state index contributed by atoms with van der Waals surface area (Å²) in [4.78, 5) is 37.9. The van der Waals surface area contributed by atoms with Gasteiger partial charge in [-0.05, 0) is 33.9 Å². The molecule has 11 heteroatoms. The normalized spacial score (nSPS) is 13.9. The van der Waals surface area contributed by atoms with Crippen LogP contribution < -0.4 is 5.32 Å². The predicted octanol–water partition coefficient (Wildman–Crippen LogP) is 5.31. The van der Waals surface area contributed by atoms with Crippen molar-refractivity contribution in [3.63, 3.8) is 0 Å². The fraction of sp³-hybridized carbons (Fsp3) is 0.100. The topological polar surface area (TPSA) is 129 Å². The number of nitro benzene ring substituents is 1. The molecule has 0 spiro atoms. The number of nitro groups is 1. The summed E-state index contributed by atoms with van der Waals surface area (Å²) in [5.74, 6) is -1.35. The predicted molar refractivity (Wildman–Crippen MR) is 155 cm³/mol. The number of carbonyl (C=O) groups excluding carboxylic acids is 2. The van der Waals surface area contributed by atoms with Crippen LogP contribution in [0.1, 0.15) is 28.8 Å². The lowest BCUT2D eigenvalue weighted by Crippen LogP contribution is -2.48. The highest BCUT2D eigenvalue weighted by atomic mass is 32.1. The summed E-state index contributed by atoms with van der Waals surface area (Å²) in [6.07, 6.45) is -1.04. The molecule has 41 heavy (non-hydrogen) atoms. The summed E-state index contributed by atoms with van der Waals surface area (Å²) in [5, 5.41) is 21.7. The molecular formula is C30H21N5O5S. The Bertz CT molecular complexity index is 1830. The first-order valence-corrected chi connectivity index (χ1v) is 13.0. The summed E-state index contributed by atoms with van der Waals surface area (Å²) in [6, 6.07) is 26.2. The average Bonchev–Trinajstić information content (AvgIpc) is 3.58. The van der Waals surface area contributed by atoms with Crippen molar-refractivity contribution in [2.75, 3.05) is 6.58 Å². The molecule has 1 aliphatic rings. The van der Waals surface area contributed by atoms with Crippen molar-refractivity contribution in [2.24, 2.45) is 0 Å². The van der Waals surface area contributed by atoms with Crippen LogP contribution in [-0.2, 0) is 4.74 Å². The third kappa shape index (κ3) is 4.83. The third-order valence-electron chi connectivity index (χ3n) is 6.87. The number of carbonyl (C=O) groups is 2. The molecule has 0 saturated heterocycles. The Labute approximate surface area is 240 Å². The van der Waals surface area contributed by atoms with Gasteiger partial charge in [-0.2, -0.15) is 4.68 Å². The van der Waals surface area contributed by atoms with Gasteiger partial charge in [-0.1, -0.05) is 96.3 Å². The molecule has 10 nitrogen and oxygen atoms in total. The minimum Gasteiger partial charge on any atom is -0.449 e. The number of alkyl carbamates (subject to hydrolysis) is 1. The molecule has 1 N–H and O–H groups in total. The van der Waals surface area contributed by atoms with E-state index in [9.17, 15) is 19.7 Å². The van der Waals surface area contributed by atoms with Crippen LogP contribution in [0.25, 0.3) is 22.2 Å². The number of benzene rings is 4. The van der Waals surface area contributed by atoms with Gasteiger partial charge in [0, 0.05) is 18.1 Å². The van der Waals surface area contributed by atoms with Gasteiger partial charge in [-0.15, -0.1) is 5.10 Å². The van der Waals surface area contributed by atoms with Crippen LogP contribution in [-0.4, -0.2) is 49.4 Å². The number of ether oxygens (including phenoxy) is 1. The van der Waals surface area contributed by atoms with Crippen LogP contribution in [0, 0.1) is 10.1 Å². The minimum absolute atomic E-state index is 0.0599. The van der Waals surface area contributed by atoms with E-state index < -0.39 is 35.5 Å². The second kappa shape index (κ2) is 10.7. The lowest BCUT2D eigenvalue weighted by Gasteiger charge is -2.20. The van der Waals surface area contributed by atoms with Gasteiger partial charge in [0.15, 0.2) is 0 Å². The molecule has 0 fully saturated rings. The third-order valence-corrected chi connectivity index (χ3v) is 7.34. The first kappa shape index (κ1) is 24.7. The number of hydrogen-bond donors (Lipinski definition) is 1. The number of nitrogens with zero attached hydrogens (tertiary/aromatic N) is 4. The van der Waals surface area contributed by atoms with Crippen LogP contribution >= 0.6 is 12.2 Å². The number of hydrogen-bond acceptors (Lipinski definition) is 8. The highest BCUT2D eigenvalue weighted by Crippen LogP contribution is 2.44. The van der Waals surface area contributed by atoms with Crippen LogP contribution in [0.15, 0.2) is 97.1 Å². The first-order valence-electron chi connectivity index (χ1n) is 13.1. The fourth-order valence-electron chi connectivity index (χ4n) is 4.94. The molecule has 1 aliphatic carbocycles. The van der Waals surface area contributed by atoms with Crippen molar-refractivity contribution in [3.05, 3.63) is 124 Å². The highest BCUT2D eigenvalue weighted by molar-refractivity contribution is 7.81. The number of rotatable bonds is 7. The molecule has 6 rings (SSSR count). The zero-order chi connectivity index (χ0) is 29.4. The number of fused-ring (bicyclic) bond motifs is 4. The van der Waals surface area contributed by atoms with Gasteiger partial charge in [0.25, 0.3) is 11.6 Å². The molecule has 1 aromatic heterocycles. The van der Waals surface area contributed by atoms with Crippen molar-refractivity contribution in [1.82, 2.24) is 20.3 Å². The molecule has 202 valence electrons. The van der Waals surface area contributed by atoms with Gasteiger partial charge in [0.2, 0.25) is 0 Å². The van der Waals surface area contributed by atoms with E-state index in [2.05, 4.69) is 15.6 Å². The lowest BCUT2D eigenvalue weighted by atomic mass is 9.98. The molecule has 2 atom stereocenters. The molecule has 0 bridgehead atoms. The van der Waals surface area contributed by atoms with E-state index in [0.29, 0.717) is 5.56 Å². The van der Waals surface area contributed by atoms with Gasteiger partial charge in [-0.3, -0.25) is 14.9 Å². The molecule has 0 saturated carbocycles. The standard InChI is InChI=1S/C30H21N5O5S/c36-29(34-26-16-19(35(38)39)14-15-25(26)32-33-34)27(28(41)18-8-2-1-3-9-18)31-30(37)40-17-24-22-12-6-4-10-20(22)21-11-5-7-13-23(21)24/h1-16,24,27H,17H2,(H,31,37)/t27-/m0/s1/i17D/t17?,27-. The Morgan fingerprint density at radius 2 is 1.63 bits per heavy atom. The van der Waals surface area contributed by atoms with Crippen LogP contribution in [0.3, 0.4) is 0 Å². The van der Waals surface area contributed by atoms with Crippen molar-refractivity contribution in [2.45, 2.75) is 12.0 Å². The lowest BCUT2D eigenvalue weighted by molar-refractivity contribution is -0.384. The Morgan fingerprint density at radius 3 is 2.29 bits per heavy atom. The van der Waals surface area contributed by atoms with Gasteiger partial charge in [0.1, 0.15) is 23.7 Å². The maximum absolute atomic E-state index is 13.8. The molecule has 1 heterocycles. The molecule has 1 unspecified atom stereocenters. The van der Waals surface area contributed by atoms with E-state index in [4.69, 9.17) is 18.3 Å². The second-order valence-corrected chi connectivity index (χ2v) is 9.71. The van der Waals surface area contributed by atoms with Gasteiger partial charge in [0.05, 0.1) is 11.2 Å². The van der Waals surface area contributed by atoms with Crippen LogP contribution in [0.4, 0.5) is 10.5 Å². The van der Waals surface area contributed by atoms with Gasteiger partial charge < -0.3 is 10.1 Å². The second-order valence-electron chi connectivity index (χ2n) is 9.27. The molecule has 0 radical (unpaired) electrons. The summed E-state index contributed by atoms with van der Waals surface area (Å²) in [7, 11) is 0. The zero-order valence-electron chi connectivity index (χ0n) is 22.2. The number of nitrogens with one attached hydrogen (secondary N) is 1. The Morgan fingerprint density at radius 1 is 1.00 bits per heavy atom. The molecule has 1 amide bonds. The first-order chi connectivity index (χ1) is 20.3. The van der Waals surface area contributed by atoms with Crippen molar-refractivity contribution >= 4 is 45.8 Å². The summed E-state index contributed by atoms with van der Waals surface area (Å²) < 4.78 is 15.2. The molecule has 4 aromatic carbocycles. The summed E-state index contributed by atoms with van der Waals surface area (Å²) >= 11 is 5.62. The quantitative estimate of drug-likeness (QED) is 0.122. The zero-order valence-corrected chi connectivity index (χ0v) is 22.0. The minimum atomic E-state index is -1.46.